The minimum atomic E-state index is -2.33. The molecule has 0 bridgehead atoms. The van der Waals surface area contributed by atoms with E-state index in [-0.39, 0.29) is 5.56 Å². The van der Waals surface area contributed by atoms with E-state index in [2.05, 4.69) is 0 Å². The second kappa shape index (κ2) is 2.80. The third kappa shape index (κ3) is 1.05. The van der Waals surface area contributed by atoms with E-state index in [1.165, 1.54) is 0 Å². The van der Waals surface area contributed by atoms with Gasteiger partial charge in [0.1, 0.15) is 5.83 Å². The summed E-state index contributed by atoms with van der Waals surface area (Å²) in [6.07, 6.45) is -1.69. The monoisotopic (exact) mass is 206 g/mol. The molecule has 1 aliphatic rings. The molecule has 0 heterocycles. The molecule has 5 heteroatoms. The molecule has 1 aromatic carbocycles. The van der Waals surface area contributed by atoms with Crippen LogP contribution in [-0.2, 0) is 0 Å². The van der Waals surface area contributed by atoms with Crippen molar-refractivity contribution in [3.8, 4) is 0 Å². The number of rotatable bonds is 0. The molecule has 2 rings (SSSR count). The zero-order valence-electron chi connectivity index (χ0n) is 6.62. The van der Waals surface area contributed by atoms with Crippen LogP contribution in [0.2, 0.25) is 0 Å². The topological polar surface area (TPSA) is 0 Å². The fraction of sp³-hybridized carbons (Fsp3) is 0.111. The van der Waals surface area contributed by atoms with Crippen LogP contribution in [0.15, 0.2) is 11.9 Å². The zero-order valence-corrected chi connectivity index (χ0v) is 6.62. The van der Waals surface area contributed by atoms with Crippen molar-refractivity contribution in [1.82, 2.24) is 0 Å². The van der Waals surface area contributed by atoms with E-state index in [1.54, 1.807) is 0 Å². The quantitative estimate of drug-likeness (QED) is 0.450. The summed E-state index contributed by atoms with van der Waals surface area (Å²) in [6, 6.07) is 0.562. The molecule has 1 unspecified atom stereocenters. The van der Waals surface area contributed by atoms with Crippen molar-refractivity contribution in [2.24, 2.45) is 0 Å². The van der Waals surface area contributed by atoms with Gasteiger partial charge in [-0.05, 0) is 17.7 Å². The van der Waals surface area contributed by atoms with Crippen LogP contribution in [0.5, 0.6) is 0 Å². The Morgan fingerprint density at radius 3 is 2.29 bits per heavy atom. The van der Waals surface area contributed by atoms with Gasteiger partial charge in [0.25, 0.3) is 0 Å². The molecule has 0 saturated carbocycles. The minimum Gasteiger partial charge on any atom is -0.234 e. The Kier molecular flexibility index (Phi) is 1.83. The first-order valence-electron chi connectivity index (χ1n) is 3.71. The molecular formula is C9H3F5. The lowest BCUT2D eigenvalue weighted by molar-refractivity contribution is 0.327. The van der Waals surface area contributed by atoms with Gasteiger partial charge >= 0.3 is 0 Å². The van der Waals surface area contributed by atoms with E-state index in [1.807, 2.05) is 0 Å². The maximum Gasteiger partial charge on any atom is 0.194 e. The average Bonchev–Trinajstić information content (AvgIpc) is 2.39. The van der Waals surface area contributed by atoms with Crippen LogP contribution in [0, 0.1) is 17.5 Å². The maximum absolute atomic E-state index is 12.9. The van der Waals surface area contributed by atoms with Crippen molar-refractivity contribution in [1.29, 1.82) is 0 Å². The molecule has 14 heavy (non-hydrogen) atoms. The molecule has 1 aliphatic carbocycles. The van der Waals surface area contributed by atoms with Gasteiger partial charge in [0.2, 0.25) is 0 Å². The van der Waals surface area contributed by atoms with E-state index < -0.39 is 35.0 Å². The highest BCUT2D eigenvalue weighted by molar-refractivity contribution is 5.64. The van der Waals surface area contributed by atoms with Gasteiger partial charge in [-0.25, -0.2) is 22.0 Å². The standard InChI is InChI=1S/C9H3F5/c10-4-1-3-2-5(11)8(13)9(14)6(3)7(4)12/h1-2,7H. The summed E-state index contributed by atoms with van der Waals surface area (Å²) in [6.45, 7) is 0. The lowest BCUT2D eigenvalue weighted by atomic mass is 10.1. The van der Waals surface area contributed by atoms with Gasteiger partial charge in [0.05, 0.1) is 0 Å². The molecule has 0 N–H and O–H groups in total. The second-order valence-corrected chi connectivity index (χ2v) is 2.88. The molecule has 0 aromatic heterocycles. The van der Waals surface area contributed by atoms with Crippen LogP contribution < -0.4 is 0 Å². The molecule has 0 spiro atoms. The first kappa shape index (κ1) is 9.18. The van der Waals surface area contributed by atoms with E-state index in [0.717, 1.165) is 0 Å². The molecule has 74 valence electrons. The van der Waals surface area contributed by atoms with Gasteiger partial charge in [-0.3, -0.25) is 0 Å². The van der Waals surface area contributed by atoms with Crippen molar-refractivity contribution in [2.45, 2.75) is 6.17 Å². The Labute approximate surface area is 75.7 Å². The fourth-order valence-electron chi connectivity index (χ4n) is 1.36. The molecule has 0 aliphatic heterocycles. The normalized spacial score (nSPS) is 19.5. The van der Waals surface area contributed by atoms with E-state index in [9.17, 15) is 22.0 Å². The molecule has 0 saturated heterocycles. The Morgan fingerprint density at radius 1 is 1.00 bits per heavy atom. The largest absolute Gasteiger partial charge is 0.234 e. The first-order chi connectivity index (χ1) is 6.52. The highest BCUT2D eigenvalue weighted by atomic mass is 19.2. The predicted molar refractivity (Wildman–Crippen MR) is 39.3 cm³/mol. The van der Waals surface area contributed by atoms with Crippen LogP contribution in [0.25, 0.3) is 6.08 Å². The van der Waals surface area contributed by atoms with Crippen molar-refractivity contribution in [3.63, 3.8) is 0 Å². The van der Waals surface area contributed by atoms with Crippen molar-refractivity contribution in [2.75, 3.05) is 0 Å². The lowest BCUT2D eigenvalue weighted by Gasteiger charge is -2.05. The fourth-order valence-corrected chi connectivity index (χ4v) is 1.36. The summed E-state index contributed by atoms with van der Waals surface area (Å²) in [5, 5.41) is 0. The molecule has 0 fully saturated rings. The Hall–Kier alpha value is -1.39. The van der Waals surface area contributed by atoms with Crippen molar-refractivity contribution in [3.05, 3.63) is 40.5 Å². The van der Waals surface area contributed by atoms with E-state index in [4.69, 9.17) is 0 Å². The highest BCUT2D eigenvalue weighted by Gasteiger charge is 2.32. The molecule has 1 aromatic rings. The second-order valence-electron chi connectivity index (χ2n) is 2.88. The van der Waals surface area contributed by atoms with Gasteiger partial charge in [-0.2, -0.15) is 0 Å². The number of allylic oxidation sites excluding steroid dienone is 1. The van der Waals surface area contributed by atoms with Crippen LogP contribution in [0.1, 0.15) is 17.3 Å². The smallest absolute Gasteiger partial charge is 0.194 e. The van der Waals surface area contributed by atoms with Crippen LogP contribution in [-0.4, -0.2) is 0 Å². The van der Waals surface area contributed by atoms with Gasteiger partial charge in [-0.1, -0.05) is 0 Å². The van der Waals surface area contributed by atoms with Gasteiger partial charge < -0.3 is 0 Å². The molecular weight excluding hydrogens is 203 g/mol. The van der Waals surface area contributed by atoms with E-state index >= 15 is 0 Å². The summed E-state index contributed by atoms with van der Waals surface area (Å²) in [4.78, 5) is 0. The number of alkyl halides is 1. The number of fused-ring (bicyclic) bond motifs is 1. The Balaban J connectivity index is 2.72. The number of benzene rings is 1. The molecule has 0 radical (unpaired) electrons. The van der Waals surface area contributed by atoms with Crippen LogP contribution in [0.3, 0.4) is 0 Å². The van der Waals surface area contributed by atoms with Gasteiger partial charge in [-0.15, -0.1) is 0 Å². The summed E-state index contributed by atoms with van der Waals surface area (Å²) in [7, 11) is 0. The lowest BCUT2D eigenvalue weighted by Crippen LogP contribution is -2.00. The predicted octanol–water partition coefficient (Wildman–Crippen LogP) is 3.44. The summed E-state index contributed by atoms with van der Waals surface area (Å²) < 4.78 is 63.7. The number of hydrogen-bond donors (Lipinski definition) is 0. The zero-order chi connectivity index (χ0) is 10.5. The minimum absolute atomic E-state index is 0.300. The highest BCUT2D eigenvalue weighted by Crippen LogP contribution is 2.40. The molecule has 0 amide bonds. The van der Waals surface area contributed by atoms with Crippen molar-refractivity contribution < 1.29 is 22.0 Å². The third-order valence-corrected chi connectivity index (χ3v) is 2.02. The summed E-state index contributed by atoms with van der Waals surface area (Å²) in [5.41, 5.74) is -1.08. The SMILES string of the molecule is FC1=Cc2cc(F)c(F)c(F)c2C1F. The number of halogens is 5. The van der Waals surface area contributed by atoms with Crippen molar-refractivity contribution >= 4 is 6.08 Å². The van der Waals surface area contributed by atoms with E-state index in [0.29, 0.717) is 12.1 Å². The molecule has 1 atom stereocenters. The maximum atomic E-state index is 12.9. The van der Waals surface area contributed by atoms with Crippen LogP contribution >= 0.6 is 0 Å². The summed E-state index contributed by atoms with van der Waals surface area (Å²) in [5.74, 6) is -6.16. The first-order valence-corrected chi connectivity index (χ1v) is 3.71. The Bertz CT molecular complexity index is 435. The van der Waals surface area contributed by atoms with Gasteiger partial charge in [0, 0.05) is 5.56 Å². The van der Waals surface area contributed by atoms with Crippen LogP contribution in [0.4, 0.5) is 22.0 Å². The third-order valence-electron chi connectivity index (χ3n) is 2.02. The Morgan fingerprint density at radius 2 is 1.64 bits per heavy atom. The summed E-state index contributed by atoms with van der Waals surface area (Å²) >= 11 is 0. The number of hydrogen-bond acceptors (Lipinski definition) is 0. The van der Waals surface area contributed by atoms with Gasteiger partial charge in [0.15, 0.2) is 23.6 Å². The molecule has 0 nitrogen and oxygen atoms in total. The average molecular weight is 206 g/mol.